The molecule has 6 nitrogen and oxygen atoms in total. The van der Waals surface area contributed by atoms with Gasteiger partial charge < -0.3 is 9.55 Å². The molecule has 0 aliphatic rings. The van der Waals surface area contributed by atoms with Crippen LogP contribution in [0.4, 0.5) is 0 Å². The van der Waals surface area contributed by atoms with Gasteiger partial charge in [-0.05, 0) is 32.1 Å². The Kier molecular flexibility index (Phi) is 6.53. The summed E-state index contributed by atoms with van der Waals surface area (Å²) in [6.45, 7) is 2.83. The van der Waals surface area contributed by atoms with E-state index in [1.54, 1.807) is 6.20 Å². The summed E-state index contributed by atoms with van der Waals surface area (Å²) in [5, 5.41) is 10.7. The van der Waals surface area contributed by atoms with Gasteiger partial charge in [-0.2, -0.15) is 0 Å². The van der Waals surface area contributed by atoms with Crippen LogP contribution >= 0.6 is 11.8 Å². The minimum absolute atomic E-state index is 0.0814. The molecule has 0 bridgehead atoms. The quantitative estimate of drug-likeness (QED) is 0.303. The number of Topliss-reactive ketones (excluding diaryl/α,β-unsaturated/α-hetero) is 1. The summed E-state index contributed by atoms with van der Waals surface area (Å²) in [5.41, 5.74) is 2.88. The Hall–Kier alpha value is -2.90. The van der Waals surface area contributed by atoms with E-state index in [9.17, 15) is 4.79 Å². The molecule has 0 amide bonds. The number of aromatic nitrogens is 4. The third kappa shape index (κ3) is 4.57. The lowest BCUT2D eigenvalue weighted by molar-refractivity contribution is 0.102. The molecule has 0 fully saturated rings. The maximum atomic E-state index is 13.0. The van der Waals surface area contributed by atoms with E-state index >= 15 is 0 Å². The van der Waals surface area contributed by atoms with Crippen molar-refractivity contribution in [3.8, 4) is 0 Å². The van der Waals surface area contributed by atoms with Gasteiger partial charge in [-0.1, -0.05) is 67.2 Å². The largest absolute Gasteiger partial charge is 0.360 e. The molecule has 7 heteroatoms. The Morgan fingerprint density at radius 3 is 2.58 bits per heavy atom. The van der Waals surface area contributed by atoms with Gasteiger partial charge in [-0.3, -0.25) is 9.69 Å². The van der Waals surface area contributed by atoms with E-state index in [0.29, 0.717) is 12.3 Å². The molecule has 4 rings (SSSR count). The van der Waals surface area contributed by atoms with Crippen LogP contribution in [0.1, 0.15) is 41.1 Å². The number of carbonyl (C=O) groups excluding carboxylic acids is 1. The van der Waals surface area contributed by atoms with Crippen molar-refractivity contribution in [2.45, 2.75) is 31.1 Å². The summed E-state index contributed by atoms with van der Waals surface area (Å²) >= 11 is 1.45. The Labute approximate surface area is 186 Å². The second-order valence-corrected chi connectivity index (χ2v) is 8.70. The van der Waals surface area contributed by atoms with Crippen LogP contribution in [0.5, 0.6) is 0 Å². The predicted octanol–water partition coefficient (Wildman–Crippen LogP) is 4.80. The van der Waals surface area contributed by atoms with Crippen molar-refractivity contribution in [3.63, 3.8) is 0 Å². The number of H-pyrrole nitrogens is 1. The number of benzene rings is 2. The monoisotopic (exact) mass is 433 g/mol. The van der Waals surface area contributed by atoms with Crippen LogP contribution in [0.2, 0.25) is 0 Å². The van der Waals surface area contributed by atoms with Crippen molar-refractivity contribution in [3.05, 3.63) is 77.7 Å². The van der Waals surface area contributed by atoms with Crippen LogP contribution in [-0.2, 0) is 6.54 Å². The lowest BCUT2D eigenvalue weighted by atomic mass is 10.1. The maximum absolute atomic E-state index is 13.0. The highest BCUT2D eigenvalue weighted by molar-refractivity contribution is 7.99. The van der Waals surface area contributed by atoms with Crippen LogP contribution in [0.15, 0.2) is 66.0 Å². The van der Waals surface area contributed by atoms with Crippen molar-refractivity contribution >= 4 is 28.4 Å². The molecule has 0 radical (unpaired) electrons. The number of nitrogens with zero attached hydrogens (tertiary/aromatic N) is 4. The van der Waals surface area contributed by atoms with Crippen molar-refractivity contribution in [1.29, 1.82) is 0 Å². The number of thioether (sulfide) groups is 1. The highest BCUT2D eigenvalue weighted by atomic mass is 32.2. The van der Waals surface area contributed by atoms with Crippen LogP contribution in [-0.4, -0.2) is 50.3 Å². The first-order chi connectivity index (χ1) is 15.1. The normalized spacial score (nSPS) is 12.5. The minimum Gasteiger partial charge on any atom is -0.360 e. The Morgan fingerprint density at radius 1 is 1.10 bits per heavy atom. The zero-order valence-corrected chi connectivity index (χ0v) is 18.9. The molecule has 0 aliphatic heterocycles. The first-order valence-electron chi connectivity index (χ1n) is 10.4. The Morgan fingerprint density at radius 2 is 1.84 bits per heavy atom. The van der Waals surface area contributed by atoms with E-state index in [4.69, 9.17) is 0 Å². The lowest BCUT2D eigenvalue weighted by Crippen LogP contribution is -2.23. The average Bonchev–Trinajstić information content (AvgIpc) is 3.38. The van der Waals surface area contributed by atoms with E-state index in [1.165, 1.54) is 17.3 Å². The maximum Gasteiger partial charge on any atom is 0.192 e. The Balaban J connectivity index is 1.60. The molecule has 0 saturated carbocycles. The van der Waals surface area contributed by atoms with Gasteiger partial charge >= 0.3 is 0 Å². The standard InChI is InChI=1S/C24H27N5OS/c1-4-21(28(2)3)23-26-27-24(29(23)15-17-10-6-5-7-11-17)31-16-22(30)19-14-25-20-13-9-8-12-18(19)20/h5-14,21,25H,4,15-16H2,1-3H3. The van der Waals surface area contributed by atoms with Gasteiger partial charge in [-0.25, -0.2) is 0 Å². The van der Waals surface area contributed by atoms with E-state index in [0.717, 1.165) is 33.9 Å². The van der Waals surface area contributed by atoms with Gasteiger partial charge in [-0.15, -0.1) is 10.2 Å². The van der Waals surface area contributed by atoms with Crippen molar-refractivity contribution in [2.24, 2.45) is 0 Å². The summed E-state index contributed by atoms with van der Waals surface area (Å²) < 4.78 is 2.15. The molecule has 2 aromatic carbocycles. The number of hydrogen-bond donors (Lipinski definition) is 1. The second kappa shape index (κ2) is 9.49. The zero-order chi connectivity index (χ0) is 21.8. The first-order valence-corrected chi connectivity index (χ1v) is 11.4. The van der Waals surface area contributed by atoms with E-state index in [-0.39, 0.29) is 11.8 Å². The van der Waals surface area contributed by atoms with Gasteiger partial charge in [0.2, 0.25) is 0 Å². The summed E-state index contributed by atoms with van der Waals surface area (Å²) in [6, 6.07) is 18.3. The van der Waals surface area contributed by atoms with Crippen LogP contribution in [0.3, 0.4) is 0 Å². The molecule has 1 unspecified atom stereocenters. The fourth-order valence-corrected chi connectivity index (χ4v) is 4.68. The second-order valence-electron chi connectivity index (χ2n) is 7.76. The van der Waals surface area contributed by atoms with E-state index in [1.807, 2.05) is 42.5 Å². The summed E-state index contributed by atoms with van der Waals surface area (Å²) in [4.78, 5) is 18.3. The Bertz CT molecular complexity index is 1170. The minimum atomic E-state index is 0.0814. The fourth-order valence-electron chi connectivity index (χ4n) is 3.86. The van der Waals surface area contributed by atoms with Crippen LogP contribution in [0.25, 0.3) is 10.9 Å². The van der Waals surface area contributed by atoms with Crippen molar-refractivity contribution in [2.75, 3.05) is 19.8 Å². The number of hydrogen-bond acceptors (Lipinski definition) is 5. The molecule has 0 spiro atoms. The number of nitrogens with one attached hydrogen (secondary N) is 1. The molecular formula is C24H27N5OS. The number of fused-ring (bicyclic) bond motifs is 1. The van der Waals surface area contributed by atoms with Gasteiger partial charge in [0.05, 0.1) is 18.3 Å². The molecule has 4 aromatic rings. The highest BCUT2D eigenvalue weighted by Gasteiger charge is 2.23. The molecular weight excluding hydrogens is 406 g/mol. The molecule has 31 heavy (non-hydrogen) atoms. The molecule has 160 valence electrons. The first kappa shape index (κ1) is 21.3. The third-order valence-electron chi connectivity index (χ3n) is 5.46. The van der Waals surface area contributed by atoms with Gasteiger partial charge in [0.15, 0.2) is 16.8 Å². The molecule has 1 N–H and O–H groups in total. The molecule has 1 atom stereocenters. The molecule has 2 heterocycles. The fraction of sp³-hybridized carbons (Fsp3) is 0.292. The summed E-state index contributed by atoms with van der Waals surface area (Å²) in [5.74, 6) is 1.32. The lowest BCUT2D eigenvalue weighted by Gasteiger charge is -2.23. The zero-order valence-electron chi connectivity index (χ0n) is 18.1. The van der Waals surface area contributed by atoms with Crippen molar-refractivity contribution < 1.29 is 4.79 Å². The number of aromatic amines is 1. The number of para-hydroxylation sites is 1. The van der Waals surface area contributed by atoms with Crippen LogP contribution in [0, 0.1) is 0 Å². The summed E-state index contributed by atoms with van der Waals surface area (Å²) in [7, 11) is 4.12. The average molecular weight is 434 g/mol. The smallest absolute Gasteiger partial charge is 0.192 e. The highest BCUT2D eigenvalue weighted by Crippen LogP contribution is 2.27. The van der Waals surface area contributed by atoms with Gasteiger partial charge in [0, 0.05) is 22.7 Å². The molecule has 2 aromatic heterocycles. The number of rotatable bonds is 9. The number of ketones is 1. The SMILES string of the molecule is CCC(c1nnc(SCC(=O)c2c[nH]c3ccccc23)n1Cc1ccccc1)N(C)C. The van der Waals surface area contributed by atoms with E-state index < -0.39 is 0 Å². The van der Waals surface area contributed by atoms with Crippen molar-refractivity contribution in [1.82, 2.24) is 24.6 Å². The van der Waals surface area contributed by atoms with Gasteiger partial charge in [0.1, 0.15) is 0 Å². The molecule has 0 aliphatic carbocycles. The van der Waals surface area contributed by atoms with Gasteiger partial charge in [0.25, 0.3) is 0 Å². The topological polar surface area (TPSA) is 66.8 Å². The molecule has 0 saturated heterocycles. The number of carbonyl (C=O) groups is 1. The summed E-state index contributed by atoms with van der Waals surface area (Å²) in [6.07, 6.45) is 2.73. The third-order valence-corrected chi connectivity index (χ3v) is 6.43. The van der Waals surface area contributed by atoms with E-state index in [2.05, 4.69) is 57.8 Å². The van der Waals surface area contributed by atoms with Crippen LogP contribution < -0.4 is 0 Å². The predicted molar refractivity (Wildman–Crippen MR) is 126 cm³/mol.